The molecule has 1 unspecified atom stereocenters. The summed E-state index contributed by atoms with van der Waals surface area (Å²) in [6.45, 7) is 3.81. The first-order valence-corrected chi connectivity index (χ1v) is 3.49. The van der Waals surface area contributed by atoms with E-state index in [9.17, 15) is 4.79 Å². The maximum atomic E-state index is 11.1. The highest BCUT2D eigenvalue weighted by Crippen LogP contribution is 2.04. The van der Waals surface area contributed by atoms with Crippen LogP contribution in [0.3, 0.4) is 0 Å². The molecule has 1 amide bonds. The minimum absolute atomic E-state index is 0.148. The predicted molar refractivity (Wildman–Crippen MR) is 40.8 cm³/mol. The van der Waals surface area contributed by atoms with E-state index in [1.165, 1.54) is 14.2 Å². The zero-order valence-corrected chi connectivity index (χ0v) is 7.38. The van der Waals surface area contributed by atoms with Gasteiger partial charge in [0.1, 0.15) is 6.10 Å². The Hall–Kier alpha value is -0.610. The minimum atomic E-state index is -0.435. The molecular formula is C7H15NO3. The van der Waals surface area contributed by atoms with E-state index in [1.54, 1.807) is 0 Å². The Labute approximate surface area is 66.8 Å². The highest BCUT2D eigenvalue weighted by Gasteiger charge is 2.20. The molecule has 66 valence electrons. The van der Waals surface area contributed by atoms with Gasteiger partial charge < -0.3 is 4.74 Å². The van der Waals surface area contributed by atoms with E-state index in [0.29, 0.717) is 0 Å². The first-order valence-electron chi connectivity index (χ1n) is 3.49. The number of hydrogen-bond acceptors (Lipinski definition) is 3. The van der Waals surface area contributed by atoms with Gasteiger partial charge in [-0.15, -0.1) is 0 Å². The summed E-state index contributed by atoms with van der Waals surface area (Å²) in [6, 6.07) is 0. The van der Waals surface area contributed by atoms with Gasteiger partial charge in [-0.3, -0.25) is 9.63 Å². The molecule has 0 saturated carbocycles. The van der Waals surface area contributed by atoms with Gasteiger partial charge in [-0.2, -0.15) is 0 Å². The van der Waals surface area contributed by atoms with Crippen LogP contribution in [0.15, 0.2) is 0 Å². The van der Waals surface area contributed by atoms with Crippen LogP contribution in [0.5, 0.6) is 0 Å². The second-order valence-corrected chi connectivity index (χ2v) is 2.57. The van der Waals surface area contributed by atoms with E-state index < -0.39 is 6.10 Å². The number of amides is 1. The van der Waals surface area contributed by atoms with E-state index in [2.05, 4.69) is 10.3 Å². The lowest BCUT2D eigenvalue weighted by Crippen LogP contribution is -2.38. The van der Waals surface area contributed by atoms with Gasteiger partial charge in [0, 0.05) is 7.11 Å². The Morgan fingerprint density at radius 2 is 1.91 bits per heavy atom. The van der Waals surface area contributed by atoms with Crippen LogP contribution in [0.1, 0.15) is 13.8 Å². The molecule has 0 rings (SSSR count). The molecule has 0 fully saturated rings. The van der Waals surface area contributed by atoms with E-state index in [4.69, 9.17) is 4.74 Å². The maximum Gasteiger partial charge on any atom is 0.272 e. The molecule has 0 heterocycles. The monoisotopic (exact) mass is 161 g/mol. The molecule has 0 aliphatic heterocycles. The van der Waals surface area contributed by atoms with E-state index in [1.807, 2.05) is 13.8 Å². The molecule has 4 heteroatoms. The normalized spacial score (nSPS) is 13.2. The van der Waals surface area contributed by atoms with Crippen LogP contribution in [0.2, 0.25) is 0 Å². The fraction of sp³-hybridized carbons (Fsp3) is 0.857. The van der Waals surface area contributed by atoms with Gasteiger partial charge in [-0.1, -0.05) is 13.8 Å². The zero-order valence-electron chi connectivity index (χ0n) is 7.38. The van der Waals surface area contributed by atoms with Gasteiger partial charge in [-0.25, -0.2) is 5.48 Å². The number of hydrogen-bond donors (Lipinski definition) is 1. The summed E-state index contributed by atoms with van der Waals surface area (Å²) in [7, 11) is 2.89. The highest BCUT2D eigenvalue weighted by atomic mass is 16.6. The van der Waals surface area contributed by atoms with Crippen molar-refractivity contribution in [3.63, 3.8) is 0 Å². The van der Waals surface area contributed by atoms with Gasteiger partial charge in [-0.05, 0) is 5.92 Å². The third-order valence-electron chi connectivity index (χ3n) is 1.32. The van der Waals surface area contributed by atoms with Crippen molar-refractivity contribution in [2.75, 3.05) is 14.2 Å². The number of carbonyl (C=O) groups excluding carboxylic acids is 1. The van der Waals surface area contributed by atoms with E-state index >= 15 is 0 Å². The van der Waals surface area contributed by atoms with E-state index in [-0.39, 0.29) is 11.8 Å². The first-order chi connectivity index (χ1) is 5.13. The summed E-state index contributed by atoms with van der Waals surface area (Å²) in [5, 5.41) is 0. The summed E-state index contributed by atoms with van der Waals surface area (Å²) < 4.78 is 4.93. The second kappa shape index (κ2) is 5.09. The molecular weight excluding hydrogens is 146 g/mol. The standard InChI is InChI=1S/C7H15NO3/c1-5(2)6(10-3)7(9)8-11-4/h5-6H,1-4H3,(H,8,9). The molecule has 0 aliphatic rings. The van der Waals surface area contributed by atoms with Crippen LogP contribution in [0.4, 0.5) is 0 Å². The molecule has 0 aromatic heterocycles. The van der Waals surface area contributed by atoms with Crippen LogP contribution >= 0.6 is 0 Å². The number of carbonyl (C=O) groups is 1. The van der Waals surface area contributed by atoms with Crippen molar-refractivity contribution in [2.45, 2.75) is 20.0 Å². The number of ether oxygens (including phenoxy) is 1. The van der Waals surface area contributed by atoms with Crippen molar-refractivity contribution in [1.29, 1.82) is 0 Å². The van der Waals surface area contributed by atoms with Gasteiger partial charge in [0.05, 0.1) is 7.11 Å². The Morgan fingerprint density at radius 3 is 2.18 bits per heavy atom. The van der Waals surface area contributed by atoms with Crippen molar-refractivity contribution in [1.82, 2.24) is 5.48 Å². The number of hydroxylamine groups is 1. The van der Waals surface area contributed by atoms with Gasteiger partial charge in [0.2, 0.25) is 0 Å². The summed E-state index contributed by atoms with van der Waals surface area (Å²) in [5.74, 6) is -0.0971. The van der Waals surface area contributed by atoms with Crippen molar-refractivity contribution in [2.24, 2.45) is 5.92 Å². The van der Waals surface area contributed by atoms with Crippen molar-refractivity contribution >= 4 is 5.91 Å². The van der Waals surface area contributed by atoms with Crippen molar-refractivity contribution in [3.8, 4) is 0 Å². The lowest BCUT2D eigenvalue weighted by Gasteiger charge is -2.17. The molecule has 4 nitrogen and oxygen atoms in total. The topological polar surface area (TPSA) is 47.6 Å². The molecule has 0 aromatic rings. The molecule has 0 radical (unpaired) electrons. The lowest BCUT2D eigenvalue weighted by molar-refractivity contribution is -0.144. The summed E-state index contributed by atoms with van der Waals surface area (Å²) in [6.07, 6.45) is -0.435. The van der Waals surface area contributed by atoms with Gasteiger partial charge >= 0.3 is 0 Å². The Balaban J connectivity index is 3.92. The minimum Gasteiger partial charge on any atom is -0.371 e. The quantitative estimate of drug-likeness (QED) is 0.605. The average Bonchev–Trinajstić information content (AvgIpc) is 1.88. The smallest absolute Gasteiger partial charge is 0.272 e. The summed E-state index contributed by atoms with van der Waals surface area (Å²) in [4.78, 5) is 15.5. The van der Waals surface area contributed by atoms with E-state index in [0.717, 1.165) is 0 Å². The molecule has 0 saturated heterocycles. The van der Waals surface area contributed by atoms with Crippen LogP contribution in [0.25, 0.3) is 0 Å². The fourth-order valence-electron chi connectivity index (χ4n) is 0.841. The molecule has 0 bridgehead atoms. The molecule has 0 aliphatic carbocycles. The predicted octanol–water partition coefficient (Wildman–Crippen LogP) is 0.335. The van der Waals surface area contributed by atoms with Crippen molar-refractivity contribution < 1.29 is 14.4 Å². The third-order valence-corrected chi connectivity index (χ3v) is 1.32. The summed E-state index contributed by atoms with van der Waals surface area (Å²) >= 11 is 0. The summed E-state index contributed by atoms with van der Waals surface area (Å²) in [5.41, 5.74) is 2.21. The Bertz CT molecular complexity index is 125. The second-order valence-electron chi connectivity index (χ2n) is 2.57. The maximum absolute atomic E-state index is 11.1. The van der Waals surface area contributed by atoms with Crippen LogP contribution < -0.4 is 5.48 Å². The first kappa shape index (κ1) is 10.4. The SMILES string of the molecule is CONC(=O)C(OC)C(C)C. The number of rotatable bonds is 4. The molecule has 0 aromatic carbocycles. The highest BCUT2D eigenvalue weighted by molar-refractivity contribution is 5.79. The number of nitrogens with one attached hydrogen (secondary N) is 1. The largest absolute Gasteiger partial charge is 0.371 e. The number of methoxy groups -OCH3 is 1. The molecule has 1 N–H and O–H groups in total. The molecule has 11 heavy (non-hydrogen) atoms. The lowest BCUT2D eigenvalue weighted by atomic mass is 10.1. The van der Waals surface area contributed by atoms with Gasteiger partial charge in [0.15, 0.2) is 0 Å². The Kier molecular flexibility index (Phi) is 4.81. The average molecular weight is 161 g/mol. The fourth-order valence-corrected chi connectivity index (χ4v) is 0.841. The Morgan fingerprint density at radius 1 is 1.36 bits per heavy atom. The van der Waals surface area contributed by atoms with Crippen LogP contribution in [-0.2, 0) is 14.4 Å². The van der Waals surface area contributed by atoms with Crippen LogP contribution in [-0.4, -0.2) is 26.2 Å². The third kappa shape index (κ3) is 3.34. The molecule has 1 atom stereocenters. The zero-order chi connectivity index (χ0) is 8.85. The van der Waals surface area contributed by atoms with Crippen molar-refractivity contribution in [3.05, 3.63) is 0 Å². The molecule has 0 spiro atoms. The van der Waals surface area contributed by atoms with Crippen LogP contribution in [0, 0.1) is 5.92 Å². The van der Waals surface area contributed by atoms with Gasteiger partial charge in [0.25, 0.3) is 5.91 Å².